The van der Waals surface area contributed by atoms with Gasteiger partial charge in [0, 0.05) is 6.61 Å². The summed E-state index contributed by atoms with van der Waals surface area (Å²) in [5.41, 5.74) is 0. The van der Waals surface area contributed by atoms with Crippen LogP contribution >= 0.6 is 0 Å². The molecule has 0 spiro atoms. The lowest BCUT2D eigenvalue weighted by molar-refractivity contribution is 0.0896. The number of rotatable bonds is 7. The first-order valence-corrected chi connectivity index (χ1v) is 5.13. The Bertz CT molecular complexity index is 102. The van der Waals surface area contributed by atoms with Gasteiger partial charge in [0.05, 0.1) is 6.10 Å². The van der Waals surface area contributed by atoms with Crippen molar-refractivity contribution >= 4 is 0 Å². The lowest BCUT2D eigenvalue weighted by atomic mass is 10.2. The van der Waals surface area contributed by atoms with Crippen molar-refractivity contribution < 1.29 is 4.74 Å². The van der Waals surface area contributed by atoms with E-state index in [0.29, 0.717) is 6.10 Å². The predicted molar refractivity (Wildman–Crippen MR) is 54.4 cm³/mol. The Hall–Kier alpha value is -0.300. The van der Waals surface area contributed by atoms with Gasteiger partial charge in [0.25, 0.3) is 0 Å². The summed E-state index contributed by atoms with van der Waals surface area (Å²) in [7, 11) is 0. The van der Waals surface area contributed by atoms with E-state index in [1.165, 1.54) is 19.3 Å². The number of hydrogen-bond donors (Lipinski definition) is 0. The van der Waals surface area contributed by atoms with Crippen LogP contribution in [-0.2, 0) is 4.74 Å². The molecular weight excluding hydrogens is 148 g/mol. The van der Waals surface area contributed by atoms with Gasteiger partial charge in [-0.2, -0.15) is 0 Å². The van der Waals surface area contributed by atoms with Crippen molar-refractivity contribution in [1.29, 1.82) is 0 Å². The molecule has 0 radical (unpaired) electrons. The summed E-state index contributed by atoms with van der Waals surface area (Å²) in [5, 5.41) is 0. The van der Waals surface area contributed by atoms with E-state index >= 15 is 0 Å². The van der Waals surface area contributed by atoms with E-state index in [2.05, 4.69) is 32.9 Å². The number of hydrogen-bond acceptors (Lipinski definition) is 1. The highest BCUT2D eigenvalue weighted by atomic mass is 16.5. The van der Waals surface area contributed by atoms with E-state index in [9.17, 15) is 0 Å². The Balaban J connectivity index is 3.60. The zero-order valence-electron chi connectivity index (χ0n) is 8.68. The van der Waals surface area contributed by atoms with E-state index in [1.54, 1.807) is 0 Å². The Labute approximate surface area is 76.8 Å². The molecule has 0 rings (SSSR count). The Kier molecular flexibility index (Phi) is 8.57. The second-order valence-corrected chi connectivity index (χ2v) is 3.00. The fraction of sp³-hybridized carbons (Fsp3) is 0.818. The van der Waals surface area contributed by atoms with Gasteiger partial charge in [-0.1, -0.05) is 38.8 Å². The summed E-state index contributed by atoms with van der Waals surface area (Å²) in [6.07, 6.45) is 9.53. The molecular formula is C11H22O. The predicted octanol–water partition coefficient (Wildman–Crippen LogP) is 3.55. The quantitative estimate of drug-likeness (QED) is 0.531. The van der Waals surface area contributed by atoms with Crippen molar-refractivity contribution in [2.75, 3.05) is 6.61 Å². The fourth-order valence-corrected chi connectivity index (χ4v) is 1.15. The van der Waals surface area contributed by atoms with E-state index < -0.39 is 0 Å². The summed E-state index contributed by atoms with van der Waals surface area (Å²) in [4.78, 5) is 0. The second kappa shape index (κ2) is 8.79. The Morgan fingerprint density at radius 1 is 1.17 bits per heavy atom. The molecule has 0 bridgehead atoms. The lowest BCUT2D eigenvalue weighted by Crippen LogP contribution is -2.08. The average Bonchev–Trinajstić information content (AvgIpc) is 2.06. The molecule has 12 heavy (non-hydrogen) atoms. The van der Waals surface area contributed by atoms with Crippen molar-refractivity contribution in [1.82, 2.24) is 0 Å². The van der Waals surface area contributed by atoms with Gasteiger partial charge in [-0.25, -0.2) is 0 Å². The van der Waals surface area contributed by atoms with Crippen LogP contribution in [0.2, 0.25) is 0 Å². The maximum Gasteiger partial charge on any atom is 0.0755 e. The van der Waals surface area contributed by atoms with E-state index in [4.69, 9.17) is 4.74 Å². The SMILES string of the molecule is CCC/C=C/C(CCC)OCC. The molecule has 0 N–H and O–H groups in total. The summed E-state index contributed by atoms with van der Waals surface area (Å²) in [6, 6.07) is 0. The van der Waals surface area contributed by atoms with Crippen molar-refractivity contribution in [3.05, 3.63) is 12.2 Å². The topological polar surface area (TPSA) is 9.23 Å². The van der Waals surface area contributed by atoms with Crippen molar-refractivity contribution in [3.8, 4) is 0 Å². The minimum Gasteiger partial charge on any atom is -0.374 e. The van der Waals surface area contributed by atoms with Gasteiger partial charge in [0.15, 0.2) is 0 Å². The highest BCUT2D eigenvalue weighted by Gasteiger charge is 2.00. The zero-order chi connectivity index (χ0) is 9.23. The number of unbranched alkanes of at least 4 members (excludes halogenated alkanes) is 1. The van der Waals surface area contributed by atoms with Crippen LogP contribution in [0, 0.1) is 0 Å². The minimum atomic E-state index is 0.353. The van der Waals surface area contributed by atoms with Crippen LogP contribution < -0.4 is 0 Å². The number of allylic oxidation sites excluding steroid dienone is 1. The van der Waals surface area contributed by atoms with Gasteiger partial charge in [0.2, 0.25) is 0 Å². The summed E-state index contributed by atoms with van der Waals surface area (Å²) < 4.78 is 5.54. The van der Waals surface area contributed by atoms with Crippen LogP contribution in [0.4, 0.5) is 0 Å². The molecule has 0 aromatic rings. The molecule has 0 aromatic carbocycles. The zero-order valence-corrected chi connectivity index (χ0v) is 8.68. The van der Waals surface area contributed by atoms with Crippen LogP contribution in [0.25, 0.3) is 0 Å². The first-order chi connectivity index (χ1) is 5.85. The van der Waals surface area contributed by atoms with Crippen LogP contribution in [0.1, 0.15) is 46.5 Å². The standard InChI is InChI=1S/C11H22O/c1-4-7-8-10-11(9-5-2)12-6-3/h8,10-11H,4-7,9H2,1-3H3/b10-8+. The molecule has 1 nitrogen and oxygen atoms in total. The lowest BCUT2D eigenvalue weighted by Gasteiger charge is -2.10. The third-order valence-corrected chi connectivity index (χ3v) is 1.76. The minimum absolute atomic E-state index is 0.353. The van der Waals surface area contributed by atoms with Crippen molar-refractivity contribution in [3.63, 3.8) is 0 Å². The van der Waals surface area contributed by atoms with Crippen molar-refractivity contribution in [2.45, 2.75) is 52.6 Å². The summed E-state index contributed by atoms with van der Waals surface area (Å²) >= 11 is 0. The van der Waals surface area contributed by atoms with Gasteiger partial charge in [-0.15, -0.1) is 0 Å². The average molecular weight is 170 g/mol. The Morgan fingerprint density at radius 3 is 2.42 bits per heavy atom. The van der Waals surface area contributed by atoms with Crippen LogP contribution in [0.5, 0.6) is 0 Å². The fourth-order valence-electron chi connectivity index (χ4n) is 1.15. The molecule has 1 unspecified atom stereocenters. The molecule has 0 aliphatic carbocycles. The van der Waals surface area contributed by atoms with Gasteiger partial charge in [-0.05, 0) is 19.8 Å². The molecule has 1 heteroatoms. The molecule has 72 valence electrons. The van der Waals surface area contributed by atoms with Crippen molar-refractivity contribution in [2.24, 2.45) is 0 Å². The highest BCUT2D eigenvalue weighted by molar-refractivity contribution is 4.89. The van der Waals surface area contributed by atoms with E-state index in [-0.39, 0.29) is 0 Å². The largest absolute Gasteiger partial charge is 0.374 e. The monoisotopic (exact) mass is 170 g/mol. The van der Waals surface area contributed by atoms with Crippen LogP contribution in [0.3, 0.4) is 0 Å². The molecule has 0 aromatic heterocycles. The van der Waals surface area contributed by atoms with E-state index in [1.807, 2.05) is 0 Å². The third-order valence-electron chi connectivity index (χ3n) is 1.76. The van der Waals surface area contributed by atoms with E-state index in [0.717, 1.165) is 13.0 Å². The maximum atomic E-state index is 5.54. The Morgan fingerprint density at radius 2 is 1.92 bits per heavy atom. The normalized spacial score (nSPS) is 13.9. The van der Waals surface area contributed by atoms with Crippen LogP contribution in [0.15, 0.2) is 12.2 Å². The first kappa shape index (κ1) is 11.7. The highest BCUT2D eigenvalue weighted by Crippen LogP contribution is 2.04. The number of ether oxygens (including phenoxy) is 1. The molecule has 0 fully saturated rings. The first-order valence-electron chi connectivity index (χ1n) is 5.13. The maximum absolute atomic E-state index is 5.54. The van der Waals surface area contributed by atoms with Gasteiger partial charge < -0.3 is 4.74 Å². The molecule has 0 aliphatic rings. The third kappa shape index (κ3) is 6.41. The second-order valence-electron chi connectivity index (χ2n) is 3.00. The summed E-state index contributed by atoms with van der Waals surface area (Å²) in [5.74, 6) is 0. The van der Waals surface area contributed by atoms with Gasteiger partial charge in [-0.3, -0.25) is 0 Å². The van der Waals surface area contributed by atoms with Crippen LogP contribution in [-0.4, -0.2) is 12.7 Å². The summed E-state index contributed by atoms with van der Waals surface area (Å²) in [6.45, 7) is 7.26. The smallest absolute Gasteiger partial charge is 0.0755 e. The molecule has 1 atom stereocenters. The van der Waals surface area contributed by atoms with Gasteiger partial charge >= 0.3 is 0 Å². The molecule has 0 heterocycles. The molecule has 0 amide bonds. The molecule has 0 aliphatic heterocycles. The molecule has 0 saturated carbocycles. The van der Waals surface area contributed by atoms with Gasteiger partial charge in [0.1, 0.15) is 0 Å². The molecule has 0 saturated heterocycles.